The van der Waals surface area contributed by atoms with E-state index in [1.807, 2.05) is 0 Å². The van der Waals surface area contributed by atoms with E-state index in [0.717, 1.165) is 6.07 Å². The highest BCUT2D eigenvalue weighted by molar-refractivity contribution is 7.89. The number of carbonyl (C=O) groups is 1. The minimum atomic E-state index is -4.14. The maximum Gasteiger partial charge on any atom is 0.253 e. The molecule has 1 unspecified atom stereocenters. The number of sulfonamides is 1. The van der Waals surface area contributed by atoms with E-state index in [2.05, 4.69) is 5.32 Å². The average molecular weight is 339 g/mol. The van der Waals surface area contributed by atoms with Crippen LogP contribution in [0.2, 0.25) is 5.02 Å². The number of nitrogens with one attached hydrogen (secondary N) is 1. The van der Waals surface area contributed by atoms with E-state index in [0.29, 0.717) is 12.7 Å². The average Bonchev–Trinajstić information content (AvgIpc) is 2.37. The Bertz CT molecular complexity index is 636. The predicted octanol–water partition coefficient (Wildman–Crippen LogP) is 1.28. The van der Waals surface area contributed by atoms with Crippen molar-refractivity contribution in [1.29, 1.82) is 0 Å². The third-order valence-electron chi connectivity index (χ3n) is 2.52. The van der Waals surface area contributed by atoms with Crippen molar-refractivity contribution in [2.45, 2.75) is 24.8 Å². The molecule has 0 saturated heterocycles. The Balaban J connectivity index is 3.06. The molecule has 9 heteroatoms. The fourth-order valence-corrected chi connectivity index (χ4v) is 2.28. The lowest BCUT2D eigenvalue weighted by atomic mass is 10.2. The fraction of sp³-hybridized carbons (Fsp3) is 0.417. The van der Waals surface area contributed by atoms with Crippen LogP contribution < -0.4 is 10.5 Å². The summed E-state index contributed by atoms with van der Waals surface area (Å²) in [6.07, 6.45) is 0. The van der Waals surface area contributed by atoms with E-state index in [4.69, 9.17) is 21.5 Å². The zero-order valence-electron chi connectivity index (χ0n) is 11.5. The van der Waals surface area contributed by atoms with Crippen LogP contribution in [0.5, 0.6) is 0 Å². The van der Waals surface area contributed by atoms with Crippen LogP contribution in [-0.4, -0.2) is 33.6 Å². The summed E-state index contributed by atoms with van der Waals surface area (Å²) in [4.78, 5) is 11.5. The Morgan fingerprint density at radius 3 is 2.67 bits per heavy atom. The SMILES string of the molecule is CCOCC(C)NC(=O)c1cc(S(N)(=O)=O)cc(F)c1Cl. The molecule has 1 aromatic carbocycles. The van der Waals surface area contributed by atoms with Crippen LogP contribution in [0, 0.1) is 5.82 Å². The van der Waals surface area contributed by atoms with E-state index in [1.54, 1.807) is 13.8 Å². The van der Waals surface area contributed by atoms with Crippen molar-refractivity contribution < 1.29 is 22.3 Å². The zero-order chi connectivity index (χ0) is 16.2. The van der Waals surface area contributed by atoms with Gasteiger partial charge in [-0.2, -0.15) is 0 Å². The third-order valence-corrected chi connectivity index (χ3v) is 3.80. The summed E-state index contributed by atoms with van der Waals surface area (Å²) >= 11 is 5.70. The van der Waals surface area contributed by atoms with E-state index in [-0.39, 0.29) is 18.2 Å². The van der Waals surface area contributed by atoms with Crippen molar-refractivity contribution in [2.75, 3.05) is 13.2 Å². The molecule has 0 spiro atoms. The molecule has 0 aromatic heterocycles. The van der Waals surface area contributed by atoms with Gasteiger partial charge in [0.15, 0.2) is 0 Å². The second-order valence-corrected chi connectivity index (χ2v) is 6.29. The lowest BCUT2D eigenvalue weighted by Gasteiger charge is -2.15. The second-order valence-electron chi connectivity index (χ2n) is 4.35. The highest BCUT2D eigenvalue weighted by Crippen LogP contribution is 2.24. The molecule has 0 aliphatic carbocycles. The smallest absolute Gasteiger partial charge is 0.253 e. The van der Waals surface area contributed by atoms with Gasteiger partial charge in [0, 0.05) is 12.6 Å². The first-order chi connectivity index (χ1) is 9.66. The highest BCUT2D eigenvalue weighted by atomic mass is 35.5. The van der Waals surface area contributed by atoms with Crippen LogP contribution in [-0.2, 0) is 14.8 Å². The minimum Gasteiger partial charge on any atom is -0.380 e. The summed E-state index contributed by atoms with van der Waals surface area (Å²) in [5, 5.41) is 6.98. The number of halogens is 2. The van der Waals surface area contributed by atoms with Gasteiger partial charge in [-0.25, -0.2) is 17.9 Å². The first kappa shape index (κ1) is 17.8. The van der Waals surface area contributed by atoms with Crippen molar-refractivity contribution in [3.8, 4) is 0 Å². The number of rotatable bonds is 6. The summed E-state index contributed by atoms with van der Waals surface area (Å²) in [5.41, 5.74) is -0.302. The molecule has 6 nitrogen and oxygen atoms in total. The third kappa shape index (κ3) is 4.92. The molecule has 0 saturated carbocycles. The highest BCUT2D eigenvalue weighted by Gasteiger charge is 2.20. The Labute approximate surface area is 127 Å². The molecule has 0 heterocycles. The summed E-state index contributed by atoms with van der Waals surface area (Å²) in [5.74, 6) is -1.75. The van der Waals surface area contributed by atoms with Gasteiger partial charge < -0.3 is 10.1 Å². The Morgan fingerprint density at radius 2 is 2.14 bits per heavy atom. The molecular formula is C12H16ClFN2O4S. The number of hydrogen-bond acceptors (Lipinski definition) is 4. The van der Waals surface area contributed by atoms with E-state index in [9.17, 15) is 17.6 Å². The molecule has 3 N–H and O–H groups in total. The molecule has 0 aliphatic heterocycles. The van der Waals surface area contributed by atoms with Gasteiger partial charge in [0.25, 0.3) is 5.91 Å². The van der Waals surface area contributed by atoms with Crippen LogP contribution in [0.4, 0.5) is 4.39 Å². The summed E-state index contributed by atoms with van der Waals surface area (Å²) in [6, 6.07) is 1.25. The summed E-state index contributed by atoms with van der Waals surface area (Å²) in [6.45, 7) is 4.23. The number of nitrogens with two attached hydrogens (primary N) is 1. The molecule has 118 valence electrons. The number of primary sulfonamides is 1. The van der Waals surface area contributed by atoms with Crippen molar-refractivity contribution in [3.05, 3.63) is 28.5 Å². The number of benzene rings is 1. The first-order valence-electron chi connectivity index (χ1n) is 6.07. The van der Waals surface area contributed by atoms with Crippen LogP contribution in [0.1, 0.15) is 24.2 Å². The van der Waals surface area contributed by atoms with Crippen molar-refractivity contribution in [1.82, 2.24) is 5.32 Å². The van der Waals surface area contributed by atoms with E-state index < -0.39 is 31.7 Å². The molecule has 21 heavy (non-hydrogen) atoms. The minimum absolute atomic E-state index is 0.261. The quantitative estimate of drug-likeness (QED) is 0.816. The standard InChI is InChI=1S/C12H16ClFN2O4S/c1-3-20-6-7(2)16-12(17)9-4-8(21(15,18)19)5-10(14)11(9)13/h4-5,7H,3,6H2,1-2H3,(H,16,17)(H2,15,18,19). The molecular weight excluding hydrogens is 323 g/mol. The Hall–Kier alpha value is -1.22. The number of ether oxygens (including phenoxy) is 1. The maximum absolute atomic E-state index is 13.6. The Morgan fingerprint density at radius 1 is 1.52 bits per heavy atom. The molecule has 0 bridgehead atoms. The van der Waals surface area contributed by atoms with Gasteiger partial charge in [-0.05, 0) is 26.0 Å². The van der Waals surface area contributed by atoms with Crippen LogP contribution >= 0.6 is 11.6 Å². The van der Waals surface area contributed by atoms with Gasteiger partial charge in [0.05, 0.1) is 22.1 Å². The topological polar surface area (TPSA) is 98.5 Å². The first-order valence-corrected chi connectivity index (χ1v) is 7.99. The number of amides is 1. The van der Waals surface area contributed by atoms with Crippen molar-refractivity contribution in [3.63, 3.8) is 0 Å². The largest absolute Gasteiger partial charge is 0.380 e. The Kier molecular flexibility index (Phi) is 6.09. The lowest BCUT2D eigenvalue weighted by molar-refractivity contribution is 0.0871. The molecule has 1 amide bonds. The van der Waals surface area contributed by atoms with Crippen molar-refractivity contribution in [2.24, 2.45) is 5.14 Å². The van der Waals surface area contributed by atoms with E-state index >= 15 is 0 Å². The van der Waals surface area contributed by atoms with Crippen molar-refractivity contribution >= 4 is 27.5 Å². The second kappa shape index (κ2) is 7.17. The van der Waals surface area contributed by atoms with Gasteiger partial charge in [-0.15, -0.1) is 0 Å². The molecule has 1 aromatic rings. The monoisotopic (exact) mass is 338 g/mol. The molecule has 0 aliphatic rings. The molecule has 0 fully saturated rings. The van der Waals surface area contributed by atoms with Crippen LogP contribution in [0.15, 0.2) is 17.0 Å². The maximum atomic E-state index is 13.6. The van der Waals surface area contributed by atoms with Gasteiger partial charge in [0.2, 0.25) is 10.0 Å². The number of hydrogen-bond donors (Lipinski definition) is 2. The van der Waals surface area contributed by atoms with Crippen LogP contribution in [0.25, 0.3) is 0 Å². The fourth-order valence-electron chi connectivity index (χ4n) is 1.53. The van der Waals surface area contributed by atoms with Gasteiger partial charge in [-0.3, -0.25) is 4.79 Å². The summed E-state index contributed by atoms with van der Waals surface area (Å²) in [7, 11) is -4.14. The molecule has 0 radical (unpaired) electrons. The van der Waals surface area contributed by atoms with Gasteiger partial charge in [-0.1, -0.05) is 11.6 Å². The zero-order valence-corrected chi connectivity index (χ0v) is 13.1. The van der Waals surface area contributed by atoms with Crippen LogP contribution in [0.3, 0.4) is 0 Å². The van der Waals surface area contributed by atoms with E-state index in [1.165, 1.54) is 0 Å². The lowest BCUT2D eigenvalue weighted by Crippen LogP contribution is -2.36. The molecule has 1 atom stereocenters. The molecule has 1 rings (SSSR count). The predicted molar refractivity (Wildman–Crippen MR) is 76.2 cm³/mol. The van der Waals surface area contributed by atoms with Gasteiger partial charge >= 0.3 is 0 Å². The normalized spacial score (nSPS) is 13.0. The summed E-state index contributed by atoms with van der Waals surface area (Å²) < 4.78 is 41.2. The number of carbonyl (C=O) groups excluding carboxylic acids is 1. The van der Waals surface area contributed by atoms with Gasteiger partial charge in [0.1, 0.15) is 5.82 Å².